The van der Waals surface area contributed by atoms with E-state index in [1.54, 1.807) is 12.1 Å². The van der Waals surface area contributed by atoms with Gasteiger partial charge in [-0.1, -0.05) is 36.4 Å². The van der Waals surface area contributed by atoms with Crippen LogP contribution in [0.1, 0.15) is 11.1 Å². The van der Waals surface area contributed by atoms with Crippen LogP contribution in [0.2, 0.25) is 0 Å². The van der Waals surface area contributed by atoms with E-state index >= 15 is 0 Å². The lowest BCUT2D eigenvalue weighted by Gasteiger charge is -2.00. The third kappa shape index (κ3) is 0.930. The van der Waals surface area contributed by atoms with E-state index in [0.29, 0.717) is 11.1 Å². The zero-order valence-electron chi connectivity index (χ0n) is 8.18. The fourth-order valence-corrected chi connectivity index (χ4v) is 2.18. The lowest BCUT2D eigenvalue weighted by Crippen LogP contribution is -1.79. The molecule has 0 heterocycles. The smallest absolute Gasteiger partial charge is 0.145 e. The van der Waals surface area contributed by atoms with E-state index in [1.165, 1.54) is 0 Å². The van der Waals surface area contributed by atoms with Crippen molar-refractivity contribution in [2.45, 2.75) is 0 Å². The van der Waals surface area contributed by atoms with Gasteiger partial charge in [-0.2, -0.15) is 0 Å². The number of hydrogen-bond acceptors (Lipinski definition) is 4. The minimum Gasteiger partial charge on any atom is -0.145 e. The first-order valence-corrected chi connectivity index (χ1v) is 4.80. The summed E-state index contributed by atoms with van der Waals surface area (Å²) in [6.07, 6.45) is 0. The van der Waals surface area contributed by atoms with Gasteiger partial charge in [0.2, 0.25) is 0 Å². The van der Waals surface area contributed by atoms with Gasteiger partial charge in [0.15, 0.2) is 0 Å². The van der Waals surface area contributed by atoms with Gasteiger partial charge >= 0.3 is 0 Å². The summed E-state index contributed by atoms with van der Waals surface area (Å²) in [7, 11) is 0. The quantitative estimate of drug-likeness (QED) is 0.712. The van der Waals surface area contributed by atoms with E-state index in [1.807, 2.05) is 24.3 Å². The molecule has 1 aliphatic carbocycles. The van der Waals surface area contributed by atoms with Crippen LogP contribution >= 0.6 is 0 Å². The van der Waals surface area contributed by atoms with Crippen molar-refractivity contribution in [3.05, 3.63) is 57.3 Å². The Kier molecular flexibility index (Phi) is 1.71. The fourth-order valence-electron chi connectivity index (χ4n) is 2.18. The molecule has 0 fully saturated rings. The maximum Gasteiger partial charge on any atom is 0.145 e. The molecule has 3 rings (SSSR count). The Bertz CT molecular complexity index is 606. The van der Waals surface area contributed by atoms with Crippen molar-refractivity contribution in [2.75, 3.05) is 0 Å². The topological polar surface area (TPSA) is 58.9 Å². The summed E-state index contributed by atoms with van der Waals surface area (Å²) in [5.74, 6) is 0. The number of nitrogens with zero attached hydrogens (tertiary/aromatic N) is 2. The van der Waals surface area contributed by atoms with Crippen LogP contribution in [0.25, 0.3) is 22.2 Å². The van der Waals surface area contributed by atoms with Gasteiger partial charge < -0.3 is 0 Å². The molecule has 0 bridgehead atoms. The monoisotopic (exact) mass is 210 g/mol. The van der Waals surface area contributed by atoms with Crippen molar-refractivity contribution < 1.29 is 0 Å². The molecular weight excluding hydrogens is 204 g/mol. The van der Waals surface area contributed by atoms with Crippen LogP contribution in [-0.2, 0) is 0 Å². The highest BCUT2D eigenvalue weighted by molar-refractivity contribution is 6.13. The molecule has 2 aromatic carbocycles. The zero-order valence-corrected chi connectivity index (χ0v) is 8.18. The molecule has 76 valence electrons. The molecule has 0 atom stereocenters. The van der Waals surface area contributed by atoms with Crippen LogP contribution in [0.3, 0.4) is 0 Å². The Morgan fingerprint density at radius 3 is 1.69 bits per heavy atom. The first-order chi connectivity index (χ1) is 7.86. The number of rotatable bonds is 2. The second-order valence-electron chi connectivity index (χ2n) is 3.59. The first kappa shape index (κ1) is 8.91. The molecule has 0 unspecified atom stereocenters. The van der Waals surface area contributed by atoms with Gasteiger partial charge in [-0.15, -0.1) is 9.81 Å². The van der Waals surface area contributed by atoms with Crippen LogP contribution in [0.5, 0.6) is 0 Å². The van der Waals surface area contributed by atoms with Gasteiger partial charge in [0.25, 0.3) is 0 Å². The molecule has 0 N–H and O–H groups in total. The van der Waals surface area contributed by atoms with E-state index in [0.717, 1.165) is 10.8 Å². The molecule has 0 saturated carbocycles. The summed E-state index contributed by atoms with van der Waals surface area (Å²) in [5, 5.41) is 7.70. The molecule has 2 aromatic rings. The molecule has 0 radical (unpaired) electrons. The van der Waals surface area contributed by atoms with Crippen LogP contribution in [0, 0.1) is 9.81 Å². The van der Waals surface area contributed by atoms with Gasteiger partial charge in [0.05, 0.1) is 0 Å². The van der Waals surface area contributed by atoms with Crippen LogP contribution in [-0.4, -0.2) is 0 Å². The molecule has 0 spiro atoms. The minimum atomic E-state index is 0.141. The summed E-state index contributed by atoms with van der Waals surface area (Å²) in [6.45, 7) is 0. The first-order valence-electron chi connectivity index (χ1n) is 4.80. The highest BCUT2D eigenvalue weighted by Gasteiger charge is 2.25. The van der Waals surface area contributed by atoms with Crippen LogP contribution in [0.4, 0.5) is 0 Å². The van der Waals surface area contributed by atoms with Crippen LogP contribution in [0.15, 0.2) is 46.8 Å². The molecule has 0 aromatic heterocycles. The average molecular weight is 210 g/mol. The summed E-state index contributed by atoms with van der Waals surface area (Å²) in [4.78, 5) is 21.6. The summed E-state index contributed by atoms with van der Waals surface area (Å²) in [5.41, 5.74) is 1.67. The number of benzene rings is 2. The molecule has 4 heteroatoms. The number of hydrogen-bond donors (Lipinski definition) is 0. The molecule has 1 aliphatic rings. The summed E-state index contributed by atoms with van der Waals surface area (Å²) in [6, 6.07) is 11.1. The minimum absolute atomic E-state index is 0.141. The van der Waals surface area contributed by atoms with Crippen molar-refractivity contribution in [3.8, 4) is 0 Å². The predicted molar refractivity (Wildman–Crippen MR) is 62.4 cm³/mol. The Hall–Kier alpha value is -2.36. The van der Waals surface area contributed by atoms with E-state index in [2.05, 4.69) is 10.4 Å². The van der Waals surface area contributed by atoms with Gasteiger partial charge in [0.1, 0.15) is 11.4 Å². The Labute approximate surface area is 90.5 Å². The highest BCUT2D eigenvalue weighted by Crippen LogP contribution is 2.42. The van der Waals surface area contributed by atoms with Crippen LogP contribution < -0.4 is 0 Å². The predicted octanol–water partition coefficient (Wildman–Crippen LogP) is 3.51. The Balaban J connectivity index is 2.54. The average Bonchev–Trinajstić information content (AvgIpc) is 2.65. The maximum absolute atomic E-state index is 10.8. The lowest BCUT2D eigenvalue weighted by atomic mass is 10.0. The van der Waals surface area contributed by atoms with Gasteiger partial charge in [0, 0.05) is 16.5 Å². The third-order valence-corrected chi connectivity index (χ3v) is 2.82. The molecule has 0 saturated heterocycles. The normalized spacial score (nSPS) is 13.2. The molecular formula is C12H6N2O2. The maximum atomic E-state index is 10.8. The summed E-state index contributed by atoms with van der Waals surface area (Å²) < 4.78 is 0. The third-order valence-electron chi connectivity index (χ3n) is 2.82. The van der Waals surface area contributed by atoms with E-state index in [4.69, 9.17) is 0 Å². The lowest BCUT2D eigenvalue weighted by molar-refractivity contribution is 1.48. The van der Waals surface area contributed by atoms with Crippen molar-refractivity contribution >= 4 is 22.2 Å². The molecule has 16 heavy (non-hydrogen) atoms. The summed E-state index contributed by atoms with van der Waals surface area (Å²) >= 11 is 0. The number of nitroso groups, excluding NO2 is 2. The molecule has 0 aliphatic heterocycles. The zero-order chi connectivity index (χ0) is 11.1. The van der Waals surface area contributed by atoms with Crippen molar-refractivity contribution in [2.24, 2.45) is 10.4 Å². The van der Waals surface area contributed by atoms with Gasteiger partial charge in [-0.05, 0) is 15.7 Å². The molecule has 0 amide bonds. The van der Waals surface area contributed by atoms with Gasteiger partial charge in [-0.3, -0.25) is 0 Å². The van der Waals surface area contributed by atoms with Gasteiger partial charge in [-0.25, -0.2) is 0 Å². The SMILES string of the molecule is O=NC1=C(N=O)c2cccc3cccc1c23. The fraction of sp³-hybridized carbons (Fsp3) is 0. The second-order valence-corrected chi connectivity index (χ2v) is 3.59. The van der Waals surface area contributed by atoms with E-state index in [-0.39, 0.29) is 11.4 Å². The van der Waals surface area contributed by atoms with Crippen molar-refractivity contribution in [1.29, 1.82) is 0 Å². The Morgan fingerprint density at radius 2 is 1.25 bits per heavy atom. The van der Waals surface area contributed by atoms with Crippen molar-refractivity contribution in [3.63, 3.8) is 0 Å². The second kappa shape index (κ2) is 3.06. The Morgan fingerprint density at radius 1 is 0.750 bits per heavy atom. The standard InChI is InChI=1S/C12H6N2O2/c15-13-11-8-5-1-3-7-4-2-6-9(10(7)8)12(11)14-16/h1-6H. The van der Waals surface area contributed by atoms with E-state index in [9.17, 15) is 9.81 Å². The van der Waals surface area contributed by atoms with Crippen molar-refractivity contribution in [1.82, 2.24) is 0 Å². The molecule has 4 nitrogen and oxygen atoms in total. The largest absolute Gasteiger partial charge is 0.145 e. The highest BCUT2D eigenvalue weighted by atomic mass is 16.3. The van der Waals surface area contributed by atoms with E-state index < -0.39 is 0 Å².